The van der Waals surface area contributed by atoms with Crippen molar-refractivity contribution in [3.05, 3.63) is 34.3 Å². The summed E-state index contributed by atoms with van der Waals surface area (Å²) in [6.07, 6.45) is 1.66. The third-order valence-corrected chi connectivity index (χ3v) is 4.27. The molecule has 0 bridgehead atoms. The Labute approximate surface area is 103 Å². The third-order valence-electron chi connectivity index (χ3n) is 3.58. The lowest BCUT2D eigenvalue weighted by Gasteiger charge is -2.31. The number of hydrogen-bond acceptors (Lipinski definition) is 2. The van der Waals surface area contributed by atoms with Crippen LogP contribution in [0.3, 0.4) is 0 Å². The SMILES string of the molecule is CC(N)(C(=O)O)C1(c2ccccc2Br)CC1. The van der Waals surface area contributed by atoms with Gasteiger partial charge in [0.05, 0.1) is 0 Å². The number of benzene rings is 1. The zero-order valence-corrected chi connectivity index (χ0v) is 10.6. The number of aliphatic carboxylic acids is 1. The van der Waals surface area contributed by atoms with Gasteiger partial charge in [-0.1, -0.05) is 34.1 Å². The second-order valence-electron chi connectivity index (χ2n) is 4.57. The molecule has 0 amide bonds. The molecule has 0 spiro atoms. The van der Waals surface area contributed by atoms with Crippen molar-refractivity contribution in [1.82, 2.24) is 0 Å². The number of carboxylic acid groups (broad SMARTS) is 1. The van der Waals surface area contributed by atoms with E-state index in [2.05, 4.69) is 15.9 Å². The molecule has 0 heterocycles. The number of halogens is 1. The second kappa shape index (κ2) is 3.57. The van der Waals surface area contributed by atoms with Crippen LogP contribution in [0.2, 0.25) is 0 Å². The van der Waals surface area contributed by atoms with Crippen LogP contribution in [0.4, 0.5) is 0 Å². The summed E-state index contributed by atoms with van der Waals surface area (Å²) in [5, 5.41) is 9.23. The zero-order valence-electron chi connectivity index (χ0n) is 9.03. The van der Waals surface area contributed by atoms with Crippen molar-refractivity contribution in [3.63, 3.8) is 0 Å². The summed E-state index contributed by atoms with van der Waals surface area (Å²) in [5.74, 6) is -0.944. The molecule has 1 aromatic carbocycles. The highest BCUT2D eigenvalue weighted by atomic mass is 79.9. The van der Waals surface area contributed by atoms with E-state index in [1.54, 1.807) is 6.92 Å². The van der Waals surface area contributed by atoms with E-state index in [0.717, 1.165) is 22.9 Å². The van der Waals surface area contributed by atoms with Crippen molar-refractivity contribution in [2.24, 2.45) is 5.73 Å². The molecule has 0 aromatic heterocycles. The van der Waals surface area contributed by atoms with Crippen LogP contribution in [0.25, 0.3) is 0 Å². The van der Waals surface area contributed by atoms with E-state index >= 15 is 0 Å². The van der Waals surface area contributed by atoms with Crippen LogP contribution in [0, 0.1) is 0 Å². The van der Waals surface area contributed by atoms with Crippen molar-refractivity contribution in [1.29, 1.82) is 0 Å². The lowest BCUT2D eigenvalue weighted by atomic mass is 9.78. The fraction of sp³-hybridized carbons (Fsp3) is 0.417. The molecule has 2 rings (SSSR count). The Hall–Kier alpha value is -0.870. The minimum atomic E-state index is -1.21. The first-order chi connectivity index (χ1) is 7.42. The maximum Gasteiger partial charge on any atom is 0.324 e. The molecule has 0 saturated heterocycles. The average Bonchev–Trinajstić information content (AvgIpc) is 2.99. The highest BCUT2D eigenvalue weighted by Gasteiger charge is 2.60. The van der Waals surface area contributed by atoms with Crippen LogP contribution in [-0.2, 0) is 10.2 Å². The third kappa shape index (κ3) is 1.48. The smallest absolute Gasteiger partial charge is 0.324 e. The number of nitrogens with two attached hydrogens (primary N) is 1. The summed E-state index contributed by atoms with van der Waals surface area (Å²) < 4.78 is 0.936. The van der Waals surface area contributed by atoms with Crippen molar-refractivity contribution in [2.75, 3.05) is 0 Å². The van der Waals surface area contributed by atoms with Crippen molar-refractivity contribution in [2.45, 2.75) is 30.7 Å². The van der Waals surface area contributed by atoms with Gasteiger partial charge in [-0.15, -0.1) is 0 Å². The minimum Gasteiger partial charge on any atom is -0.480 e. The number of carboxylic acids is 1. The fourth-order valence-corrected chi connectivity index (χ4v) is 2.91. The fourth-order valence-electron chi connectivity index (χ4n) is 2.25. The molecule has 0 aliphatic heterocycles. The Kier molecular flexibility index (Phi) is 2.59. The van der Waals surface area contributed by atoms with Gasteiger partial charge in [0.2, 0.25) is 0 Å². The maximum absolute atomic E-state index is 11.3. The molecule has 0 radical (unpaired) electrons. The predicted molar refractivity (Wildman–Crippen MR) is 65.3 cm³/mol. The second-order valence-corrected chi connectivity index (χ2v) is 5.42. The van der Waals surface area contributed by atoms with Crippen LogP contribution in [0.5, 0.6) is 0 Å². The van der Waals surface area contributed by atoms with E-state index in [9.17, 15) is 9.90 Å². The molecule has 1 aromatic rings. The van der Waals surface area contributed by atoms with Crippen molar-refractivity contribution in [3.8, 4) is 0 Å². The summed E-state index contributed by atoms with van der Waals surface area (Å²) in [6, 6.07) is 7.70. The Balaban J connectivity index is 2.49. The van der Waals surface area contributed by atoms with Gasteiger partial charge in [0.25, 0.3) is 0 Å². The van der Waals surface area contributed by atoms with E-state index in [0.29, 0.717) is 0 Å². The molecular formula is C12H14BrNO2. The molecular weight excluding hydrogens is 270 g/mol. The molecule has 1 aliphatic carbocycles. The van der Waals surface area contributed by atoms with Gasteiger partial charge in [-0.3, -0.25) is 4.79 Å². The number of hydrogen-bond donors (Lipinski definition) is 2. The van der Waals surface area contributed by atoms with Gasteiger partial charge >= 0.3 is 5.97 Å². The van der Waals surface area contributed by atoms with Crippen LogP contribution >= 0.6 is 15.9 Å². The molecule has 1 atom stereocenters. The average molecular weight is 284 g/mol. The monoisotopic (exact) mass is 283 g/mol. The van der Waals surface area contributed by atoms with Gasteiger partial charge in [-0.2, -0.15) is 0 Å². The standard InChI is InChI=1S/C12H14BrNO2/c1-11(14,10(15)16)12(6-7-12)8-4-2-3-5-9(8)13/h2-5H,6-7,14H2,1H3,(H,15,16). The molecule has 3 N–H and O–H groups in total. The predicted octanol–water partition coefficient (Wildman–Crippen LogP) is 2.28. The maximum atomic E-state index is 11.3. The molecule has 3 nitrogen and oxygen atoms in total. The van der Waals surface area contributed by atoms with E-state index in [1.165, 1.54) is 0 Å². The first-order valence-corrected chi connectivity index (χ1v) is 5.98. The van der Waals surface area contributed by atoms with Gasteiger partial charge in [0, 0.05) is 9.89 Å². The summed E-state index contributed by atoms with van der Waals surface area (Å²) >= 11 is 3.47. The van der Waals surface area contributed by atoms with Crippen molar-refractivity contribution < 1.29 is 9.90 Å². The summed E-state index contributed by atoms with van der Waals surface area (Å²) in [4.78, 5) is 11.3. The quantitative estimate of drug-likeness (QED) is 0.895. The van der Waals surface area contributed by atoms with E-state index in [4.69, 9.17) is 5.73 Å². The lowest BCUT2D eigenvalue weighted by Crippen LogP contribution is -2.55. The molecule has 1 saturated carbocycles. The summed E-state index contributed by atoms with van der Waals surface area (Å²) in [6.45, 7) is 1.60. The highest BCUT2D eigenvalue weighted by molar-refractivity contribution is 9.10. The van der Waals surface area contributed by atoms with Crippen LogP contribution in [-0.4, -0.2) is 16.6 Å². The molecule has 86 valence electrons. The molecule has 4 heteroatoms. The Morgan fingerprint density at radius 3 is 2.50 bits per heavy atom. The van der Waals surface area contributed by atoms with Crippen LogP contribution < -0.4 is 5.73 Å². The molecule has 1 unspecified atom stereocenters. The van der Waals surface area contributed by atoms with E-state index in [1.807, 2.05) is 24.3 Å². The van der Waals surface area contributed by atoms with Crippen LogP contribution in [0.15, 0.2) is 28.7 Å². The van der Waals surface area contributed by atoms with Gasteiger partial charge in [0.1, 0.15) is 5.54 Å². The number of carbonyl (C=O) groups is 1. The zero-order chi connectivity index (χ0) is 12.0. The van der Waals surface area contributed by atoms with E-state index in [-0.39, 0.29) is 0 Å². The van der Waals surface area contributed by atoms with Gasteiger partial charge in [-0.25, -0.2) is 0 Å². The lowest BCUT2D eigenvalue weighted by molar-refractivity contribution is -0.144. The highest BCUT2D eigenvalue weighted by Crippen LogP contribution is 2.56. The minimum absolute atomic E-state index is 0.418. The summed E-state index contributed by atoms with van der Waals surface area (Å²) in [5.41, 5.74) is 5.35. The number of rotatable bonds is 3. The largest absolute Gasteiger partial charge is 0.480 e. The molecule has 1 fully saturated rings. The Bertz CT molecular complexity index is 438. The van der Waals surface area contributed by atoms with Gasteiger partial charge < -0.3 is 10.8 Å². The van der Waals surface area contributed by atoms with Crippen LogP contribution in [0.1, 0.15) is 25.3 Å². The Morgan fingerprint density at radius 2 is 2.06 bits per heavy atom. The first-order valence-electron chi connectivity index (χ1n) is 5.19. The molecule has 16 heavy (non-hydrogen) atoms. The van der Waals surface area contributed by atoms with Crippen molar-refractivity contribution >= 4 is 21.9 Å². The van der Waals surface area contributed by atoms with Gasteiger partial charge in [-0.05, 0) is 31.4 Å². The van der Waals surface area contributed by atoms with E-state index < -0.39 is 16.9 Å². The summed E-state index contributed by atoms with van der Waals surface area (Å²) in [7, 11) is 0. The topological polar surface area (TPSA) is 63.3 Å². The van der Waals surface area contributed by atoms with Gasteiger partial charge in [0.15, 0.2) is 0 Å². The normalized spacial score (nSPS) is 21.2. The first kappa shape index (κ1) is 11.6. The molecule has 1 aliphatic rings. The Morgan fingerprint density at radius 1 is 1.50 bits per heavy atom.